The molecular formula is C22H22Zr. The van der Waals surface area contributed by atoms with Crippen LogP contribution in [-0.2, 0) is 26.2 Å². The molecule has 0 fully saturated rings. The Morgan fingerprint density at radius 3 is 1.43 bits per heavy atom. The molecule has 0 aliphatic heterocycles. The van der Waals surface area contributed by atoms with Gasteiger partial charge in [-0.1, -0.05) is 19.1 Å². The van der Waals surface area contributed by atoms with Gasteiger partial charge in [0.2, 0.25) is 0 Å². The van der Waals surface area contributed by atoms with E-state index >= 15 is 0 Å². The monoisotopic (exact) mass is 376 g/mol. The third-order valence-corrected chi connectivity index (χ3v) is 3.10. The maximum Gasteiger partial charge on any atom is 4.00 e. The van der Waals surface area contributed by atoms with Gasteiger partial charge < -0.3 is 14.0 Å². The molecule has 0 aliphatic carbocycles. The Labute approximate surface area is 159 Å². The minimum absolute atomic E-state index is 0. The Balaban J connectivity index is 0.000000336. The Morgan fingerprint density at radius 2 is 1.09 bits per heavy atom. The molecule has 0 bridgehead atoms. The molecule has 0 N–H and O–H groups in total. The van der Waals surface area contributed by atoms with Crippen LogP contribution < -0.4 is 0 Å². The van der Waals surface area contributed by atoms with Gasteiger partial charge in [-0.15, -0.1) is 59.3 Å². The van der Waals surface area contributed by atoms with Crippen molar-refractivity contribution in [3.8, 4) is 0 Å². The zero-order valence-electron chi connectivity index (χ0n) is 13.7. The van der Waals surface area contributed by atoms with Crippen LogP contribution in [0.2, 0.25) is 0 Å². The van der Waals surface area contributed by atoms with Gasteiger partial charge in [0.15, 0.2) is 0 Å². The molecule has 0 heterocycles. The van der Waals surface area contributed by atoms with E-state index in [2.05, 4.69) is 84.9 Å². The first-order chi connectivity index (χ1) is 10.3. The second-order valence-electron chi connectivity index (χ2n) is 4.64. The van der Waals surface area contributed by atoms with E-state index < -0.39 is 0 Å². The van der Waals surface area contributed by atoms with E-state index in [1.165, 1.54) is 27.6 Å². The third-order valence-electron chi connectivity index (χ3n) is 3.10. The summed E-state index contributed by atoms with van der Waals surface area (Å²) in [5, 5.41) is 5.32. The smallest absolute Gasteiger partial charge is 0.518 e. The molecule has 0 saturated heterocycles. The number of hydrogen-bond donors (Lipinski definition) is 0. The van der Waals surface area contributed by atoms with Crippen LogP contribution in [-0.4, -0.2) is 0 Å². The van der Waals surface area contributed by atoms with Crippen molar-refractivity contribution in [1.29, 1.82) is 0 Å². The Morgan fingerprint density at radius 1 is 0.739 bits per heavy atom. The summed E-state index contributed by atoms with van der Waals surface area (Å²) in [4.78, 5) is 0. The SMILES string of the molecule is [CH-]=CC.[CH3-].[Zr+4].c1ccc2[cH-]ccc2c1.c1ccc2[cH-]ccc2c1. The normalized spacial score (nSPS) is 8.57. The average molecular weight is 378 g/mol. The van der Waals surface area contributed by atoms with Crippen molar-refractivity contribution >= 4 is 21.5 Å². The quantitative estimate of drug-likeness (QED) is 0.304. The molecule has 0 aromatic heterocycles. The summed E-state index contributed by atoms with van der Waals surface area (Å²) in [6, 6.07) is 29.3. The fraction of sp³-hybridized carbons (Fsp3) is 0.0455. The van der Waals surface area contributed by atoms with Crippen LogP contribution in [0, 0.1) is 14.0 Å². The van der Waals surface area contributed by atoms with Crippen LogP contribution in [0.1, 0.15) is 6.92 Å². The number of fused-ring (bicyclic) bond motifs is 2. The second-order valence-corrected chi connectivity index (χ2v) is 4.64. The van der Waals surface area contributed by atoms with Crippen molar-refractivity contribution in [3.63, 3.8) is 0 Å². The first-order valence-electron chi connectivity index (χ1n) is 7.05. The third kappa shape index (κ3) is 6.51. The maximum absolute atomic E-state index is 4.72. The molecule has 1 heteroatoms. The van der Waals surface area contributed by atoms with Crippen LogP contribution in [0.25, 0.3) is 21.5 Å². The average Bonchev–Trinajstić information content (AvgIpc) is 3.17. The summed E-state index contributed by atoms with van der Waals surface area (Å²) < 4.78 is 0. The van der Waals surface area contributed by atoms with Crippen molar-refractivity contribution in [2.45, 2.75) is 6.92 Å². The second kappa shape index (κ2) is 11.8. The van der Waals surface area contributed by atoms with Gasteiger partial charge in [0.1, 0.15) is 0 Å². The number of allylic oxidation sites excluding steroid dienone is 1. The van der Waals surface area contributed by atoms with Gasteiger partial charge in [0.05, 0.1) is 0 Å². The molecule has 0 spiro atoms. The molecule has 23 heavy (non-hydrogen) atoms. The predicted octanol–water partition coefficient (Wildman–Crippen LogP) is 6.56. The van der Waals surface area contributed by atoms with E-state index in [1.54, 1.807) is 6.92 Å². The number of benzene rings is 2. The van der Waals surface area contributed by atoms with Gasteiger partial charge in [0, 0.05) is 0 Å². The predicted molar refractivity (Wildman–Crippen MR) is 100 cm³/mol. The summed E-state index contributed by atoms with van der Waals surface area (Å²) in [6.07, 6.45) is 1.50. The van der Waals surface area contributed by atoms with Crippen LogP contribution >= 0.6 is 0 Å². The van der Waals surface area contributed by atoms with Crippen molar-refractivity contribution in [3.05, 3.63) is 105 Å². The molecule has 4 aromatic carbocycles. The fourth-order valence-corrected chi connectivity index (χ4v) is 2.14. The molecule has 0 atom stereocenters. The van der Waals surface area contributed by atoms with Crippen LogP contribution in [0.5, 0.6) is 0 Å². The zero-order chi connectivity index (χ0) is 14.9. The Kier molecular flexibility index (Phi) is 10.9. The van der Waals surface area contributed by atoms with Gasteiger partial charge in [-0.25, -0.2) is 0 Å². The summed E-state index contributed by atoms with van der Waals surface area (Å²) in [7, 11) is 0. The van der Waals surface area contributed by atoms with Crippen molar-refractivity contribution in [2.75, 3.05) is 0 Å². The summed E-state index contributed by atoms with van der Waals surface area (Å²) in [5.41, 5.74) is 0. The molecular weight excluding hydrogens is 355 g/mol. The molecule has 114 valence electrons. The van der Waals surface area contributed by atoms with Gasteiger partial charge in [-0.05, 0) is 0 Å². The van der Waals surface area contributed by atoms with E-state index in [-0.39, 0.29) is 33.6 Å². The molecule has 0 aliphatic rings. The van der Waals surface area contributed by atoms with Gasteiger partial charge in [0.25, 0.3) is 0 Å². The molecule has 0 unspecified atom stereocenters. The Hall–Kier alpha value is -1.72. The van der Waals surface area contributed by atoms with E-state index in [0.29, 0.717) is 0 Å². The minimum atomic E-state index is 0. The van der Waals surface area contributed by atoms with Crippen molar-refractivity contribution in [1.82, 2.24) is 0 Å². The standard InChI is InChI=1S/2C9H7.C3H5.CH3.Zr/c2*1-2-5-9-7-3-6-8(9)4-1;1-3-2;;/h2*1-7H;1,3H,2H3;1H3;/q4*-1;+4. The van der Waals surface area contributed by atoms with Gasteiger partial charge in [-0.3, -0.25) is 6.08 Å². The number of hydrogen-bond acceptors (Lipinski definition) is 0. The molecule has 4 rings (SSSR count). The van der Waals surface area contributed by atoms with Gasteiger partial charge >= 0.3 is 26.2 Å². The molecule has 0 nitrogen and oxygen atoms in total. The number of rotatable bonds is 0. The van der Waals surface area contributed by atoms with Crippen LogP contribution in [0.4, 0.5) is 0 Å². The largest absolute Gasteiger partial charge is 4.00 e. The fourth-order valence-electron chi connectivity index (χ4n) is 2.14. The van der Waals surface area contributed by atoms with Crippen LogP contribution in [0.3, 0.4) is 0 Å². The maximum atomic E-state index is 4.72. The van der Waals surface area contributed by atoms with E-state index in [9.17, 15) is 0 Å². The first kappa shape index (κ1) is 21.3. The summed E-state index contributed by atoms with van der Waals surface area (Å²) in [6.45, 7) is 6.50. The topological polar surface area (TPSA) is 0 Å². The van der Waals surface area contributed by atoms with Crippen molar-refractivity contribution in [2.24, 2.45) is 0 Å². The molecule has 4 aromatic rings. The Bertz CT molecular complexity index is 663. The van der Waals surface area contributed by atoms with Gasteiger partial charge in [-0.2, -0.15) is 35.0 Å². The zero-order valence-corrected chi connectivity index (χ0v) is 16.2. The van der Waals surface area contributed by atoms with E-state index in [1.807, 2.05) is 0 Å². The molecule has 0 amide bonds. The molecule has 0 saturated carbocycles. The van der Waals surface area contributed by atoms with E-state index in [4.69, 9.17) is 6.58 Å². The van der Waals surface area contributed by atoms with E-state index in [0.717, 1.165) is 0 Å². The first-order valence-corrected chi connectivity index (χ1v) is 7.05. The molecule has 0 radical (unpaired) electrons. The van der Waals surface area contributed by atoms with Crippen molar-refractivity contribution < 1.29 is 26.2 Å². The summed E-state index contributed by atoms with van der Waals surface area (Å²) in [5.74, 6) is 0. The minimum Gasteiger partial charge on any atom is -0.518 e. The van der Waals surface area contributed by atoms with Crippen LogP contribution in [0.15, 0.2) is 91.0 Å². The summed E-state index contributed by atoms with van der Waals surface area (Å²) >= 11 is 0.